The summed E-state index contributed by atoms with van der Waals surface area (Å²) in [4.78, 5) is 36.1. The number of H-pyrrole nitrogens is 1. The van der Waals surface area contributed by atoms with Crippen molar-refractivity contribution < 1.29 is 24.2 Å². The first kappa shape index (κ1) is 22.0. The third-order valence-electron chi connectivity index (χ3n) is 5.59. The van der Waals surface area contributed by atoms with E-state index in [0.717, 1.165) is 0 Å². The maximum atomic E-state index is 13.3. The van der Waals surface area contributed by atoms with E-state index < -0.39 is 23.5 Å². The Morgan fingerprint density at radius 3 is 2.56 bits per heavy atom. The molecule has 5 rings (SSSR count). The molecule has 0 spiro atoms. The SMILES string of the molecule is COc1cc(/C(O)=C2\C(=O)C(=O)N(c3nc4ccccc4[nH]3)C2c2cccs2)c(OC)cc1Cl. The number of nitrogens with zero attached hydrogens (tertiary/aromatic N) is 2. The van der Waals surface area contributed by atoms with Crippen LogP contribution in [0.25, 0.3) is 16.8 Å². The number of methoxy groups -OCH3 is 2. The molecule has 4 aromatic rings. The van der Waals surface area contributed by atoms with Crippen LogP contribution in [0.5, 0.6) is 11.5 Å². The van der Waals surface area contributed by atoms with Gasteiger partial charge < -0.3 is 19.6 Å². The van der Waals surface area contributed by atoms with Gasteiger partial charge in [-0.2, -0.15) is 0 Å². The number of benzene rings is 2. The molecule has 3 heterocycles. The fourth-order valence-corrected chi connectivity index (χ4v) is 5.07. The second-order valence-corrected chi connectivity index (χ2v) is 8.84. The minimum absolute atomic E-state index is 0.0874. The number of halogens is 1. The number of carbonyl (C=O) groups is 2. The van der Waals surface area contributed by atoms with Gasteiger partial charge in [0.05, 0.1) is 41.4 Å². The molecule has 2 aromatic heterocycles. The molecule has 1 unspecified atom stereocenters. The zero-order valence-corrected chi connectivity index (χ0v) is 19.6. The van der Waals surface area contributed by atoms with E-state index in [-0.39, 0.29) is 33.6 Å². The molecule has 1 atom stereocenters. The van der Waals surface area contributed by atoms with Gasteiger partial charge >= 0.3 is 5.91 Å². The number of imidazole rings is 1. The van der Waals surface area contributed by atoms with Crippen molar-refractivity contribution in [1.29, 1.82) is 0 Å². The fourth-order valence-electron chi connectivity index (χ4n) is 4.01. The van der Waals surface area contributed by atoms with Crippen LogP contribution in [0.3, 0.4) is 0 Å². The maximum Gasteiger partial charge on any atom is 0.302 e. The van der Waals surface area contributed by atoms with E-state index in [4.69, 9.17) is 21.1 Å². The Morgan fingerprint density at radius 1 is 1.12 bits per heavy atom. The molecule has 0 aliphatic carbocycles. The lowest BCUT2D eigenvalue weighted by Crippen LogP contribution is -2.30. The number of hydrogen-bond donors (Lipinski definition) is 2. The van der Waals surface area contributed by atoms with Crippen LogP contribution in [-0.2, 0) is 9.59 Å². The molecule has 0 radical (unpaired) electrons. The summed E-state index contributed by atoms with van der Waals surface area (Å²) in [7, 11) is 2.85. The smallest absolute Gasteiger partial charge is 0.302 e. The van der Waals surface area contributed by atoms with E-state index in [1.54, 1.807) is 12.1 Å². The Hall–Kier alpha value is -3.82. The van der Waals surface area contributed by atoms with Crippen molar-refractivity contribution in [3.05, 3.63) is 74.9 Å². The number of hydrogen-bond acceptors (Lipinski definition) is 7. The molecule has 1 saturated heterocycles. The van der Waals surface area contributed by atoms with Crippen molar-refractivity contribution in [3.8, 4) is 11.5 Å². The average molecular weight is 496 g/mol. The largest absolute Gasteiger partial charge is 0.507 e. The van der Waals surface area contributed by atoms with Crippen molar-refractivity contribution in [3.63, 3.8) is 0 Å². The highest BCUT2D eigenvalue weighted by atomic mass is 35.5. The van der Waals surface area contributed by atoms with Gasteiger partial charge in [0.15, 0.2) is 0 Å². The fraction of sp³-hybridized carbons (Fsp3) is 0.125. The number of anilines is 1. The summed E-state index contributed by atoms with van der Waals surface area (Å²) < 4.78 is 10.7. The highest BCUT2D eigenvalue weighted by Gasteiger charge is 2.49. The van der Waals surface area contributed by atoms with Crippen LogP contribution in [0.1, 0.15) is 16.5 Å². The van der Waals surface area contributed by atoms with E-state index in [2.05, 4.69) is 9.97 Å². The molecule has 1 fully saturated rings. The zero-order chi connectivity index (χ0) is 24.0. The Bertz CT molecular complexity index is 1430. The standard InChI is InChI=1S/C24H18ClN3O5S/c1-32-16-11-13(25)17(33-2)10-12(16)21(29)19-20(18-8-5-9-34-18)28(23(31)22(19)30)24-26-14-6-3-4-7-15(14)27-24/h3-11,20,29H,1-2H3,(H,26,27)/b21-19+. The molecule has 2 aromatic carbocycles. The van der Waals surface area contributed by atoms with Gasteiger partial charge in [0.1, 0.15) is 23.3 Å². The van der Waals surface area contributed by atoms with Gasteiger partial charge in [0.2, 0.25) is 5.95 Å². The summed E-state index contributed by atoms with van der Waals surface area (Å²) in [5.74, 6) is -1.33. The predicted molar refractivity (Wildman–Crippen MR) is 130 cm³/mol. The highest BCUT2D eigenvalue weighted by Crippen LogP contribution is 2.45. The van der Waals surface area contributed by atoms with E-state index in [1.165, 1.54) is 42.6 Å². The number of carbonyl (C=O) groups excluding carboxylic acids is 2. The number of nitrogens with one attached hydrogen (secondary N) is 1. The number of thiophene rings is 1. The number of aliphatic hydroxyl groups excluding tert-OH is 1. The van der Waals surface area contributed by atoms with Crippen LogP contribution in [0, 0.1) is 0 Å². The van der Waals surface area contributed by atoms with Gasteiger partial charge in [-0.1, -0.05) is 29.8 Å². The monoisotopic (exact) mass is 495 g/mol. The molecule has 1 amide bonds. The van der Waals surface area contributed by atoms with E-state index in [1.807, 2.05) is 29.6 Å². The first-order valence-electron chi connectivity index (χ1n) is 10.2. The molecular formula is C24H18ClN3O5S. The molecule has 8 nitrogen and oxygen atoms in total. The number of Topliss-reactive ketones (excluding diaryl/α,β-unsaturated/α-hetero) is 1. The lowest BCUT2D eigenvalue weighted by Gasteiger charge is -2.22. The summed E-state index contributed by atoms with van der Waals surface area (Å²) >= 11 is 7.56. The van der Waals surface area contributed by atoms with E-state index in [9.17, 15) is 14.7 Å². The lowest BCUT2D eigenvalue weighted by molar-refractivity contribution is -0.132. The summed E-state index contributed by atoms with van der Waals surface area (Å²) in [6.07, 6.45) is 0. The minimum Gasteiger partial charge on any atom is -0.507 e. The van der Waals surface area contributed by atoms with Gasteiger partial charge in [0.25, 0.3) is 5.78 Å². The van der Waals surface area contributed by atoms with E-state index in [0.29, 0.717) is 15.9 Å². The highest BCUT2D eigenvalue weighted by molar-refractivity contribution is 7.10. The molecule has 34 heavy (non-hydrogen) atoms. The normalized spacial score (nSPS) is 17.5. The Kier molecular flexibility index (Phi) is 5.51. The summed E-state index contributed by atoms with van der Waals surface area (Å²) in [5, 5.41) is 13.5. The molecule has 1 aliphatic heterocycles. The van der Waals surface area contributed by atoms with Crippen molar-refractivity contribution in [1.82, 2.24) is 9.97 Å². The summed E-state index contributed by atoms with van der Waals surface area (Å²) in [6, 6.07) is 13.0. The van der Waals surface area contributed by atoms with Crippen LogP contribution in [0.4, 0.5) is 5.95 Å². The number of aromatic nitrogens is 2. The van der Waals surface area contributed by atoms with Crippen molar-refractivity contribution in [2.24, 2.45) is 0 Å². The number of aliphatic hydroxyl groups is 1. The Labute approximate surface area is 203 Å². The third-order valence-corrected chi connectivity index (χ3v) is 6.81. The quantitative estimate of drug-likeness (QED) is 0.231. The van der Waals surface area contributed by atoms with Crippen molar-refractivity contribution in [2.75, 3.05) is 19.1 Å². The van der Waals surface area contributed by atoms with Crippen LogP contribution >= 0.6 is 22.9 Å². The number of ketones is 1. The molecule has 10 heteroatoms. The van der Waals surface area contributed by atoms with Crippen molar-refractivity contribution >= 4 is 57.4 Å². The van der Waals surface area contributed by atoms with Crippen LogP contribution in [-0.4, -0.2) is 41.0 Å². The number of rotatable bonds is 5. The van der Waals surface area contributed by atoms with E-state index >= 15 is 0 Å². The second-order valence-electron chi connectivity index (χ2n) is 7.45. The third kappa shape index (κ3) is 3.41. The first-order valence-corrected chi connectivity index (χ1v) is 11.4. The molecular weight excluding hydrogens is 478 g/mol. The number of para-hydroxylation sites is 2. The van der Waals surface area contributed by atoms with Gasteiger partial charge in [0, 0.05) is 10.9 Å². The zero-order valence-electron chi connectivity index (χ0n) is 18.0. The second kappa shape index (κ2) is 8.51. The van der Waals surface area contributed by atoms with Crippen molar-refractivity contribution in [2.45, 2.75) is 6.04 Å². The number of fused-ring (bicyclic) bond motifs is 1. The Morgan fingerprint density at radius 2 is 1.88 bits per heavy atom. The topological polar surface area (TPSA) is 105 Å². The van der Waals surface area contributed by atoms with Gasteiger partial charge in [-0.15, -0.1) is 11.3 Å². The molecule has 1 aliphatic rings. The average Bonchev–Trinajstić information content (AvgIpc) is 3.57. The van der Waals surface area contributed by atoms with Crippen LogP contribution in [0.2, 0.25) is 5.02 Å². The first-order chi connectivity index (χ1) is 16.4. The van der Waals surface area contributed by atoms with Gasteiger partial charge in [-0.05, 0) is 29.6 Å². The summed E-state index contributed by atoms with van der Waals surface area (Å²) in [6.45, 7) is 0. The maximum absolute atomic E-state index is 13.3. The minimum atomic E-state index is -0.896. The number of amides is 1. The van der Waals surface area contributed by atoms with Crippen LogP contribution in [0.15, 0.2) is 59.5 Å². The number of aromatic amines is 1. The summed E-state index contributed by atoms with van der Waals surface area (Å²) in [5.41, 5.74) is 1.45. The lowest BCUT2D eigenvalue weighted by atomic mass is 9.99. The molecule has 172 valence electrons. The predicted octanol–water partition coefficient (Wildman–Crippen LogP) is 4.92. The van der Waals surface area contributed by atoms with Crippen LogP contribution < -0.4 is 14.4 Å². The molecule has 0 saturated carbocycles. The molecule has 2 N–H and O–H groups in total. The number of ether oxygens (including phenoxy) is 2. The van der Waals surface area contributed by atoms with Gasteiger partial charge in [-0.25, -0.2) is 4.98 Å². The molecule has 0 bridgehead atoms. The Balaban J connectivity index is 1.74. The van der Waals surface area contributed by atoms with Gasteiger partial charge in [-0.3, -0.25) is 14.5 Å².